The number of carbonyl (C=O) groups is 1. The van der Waals surface area contributed by atoms with Gasteiger partial charge < -0.3 is 10.1 Å². The molecule has 5 nitrogen and oxygen atoms in total. The van der Waals surface area contributed by atoms with Gasteiger partial charge in [-0.2, -0.15) is 0 Å². The summed E-state index contributed by atoms with van der Waals surface area (Å²) >= 11 is 1.52. The Morgan fingerprint density at radius 3 is 2.33 bits per heavy atom. The Balaban J connectivity index is 1.51. The van der Waals surface area contributed by atoms with Gasteiger partial charge in [0.25, 0.3) is 5.91 Å². The van der Waals surface area contributed by atoms with E-state index in [1.54, 1.807) is 12.4 Å². The van der Waals surface area contributed by atoms with E-state index in [9.17, 15) is 4.79 Å². The fourth-order valence-corrected chi connectivity index (χ4v) is 3.86. The number of pyridine rings is 1. The molecule has 0 spiro atoms. The monoisotopic (exact) mass is 415 g/mol. The molecule has 0 bridgehead atoms. The first-order chi connectivity index (χ1) is 14.7. The minimum absolute atomic E-state index is 0.210. The number of amides is 1. The van der Waals surface area contributed by atoms with Crippen molar-refractivity contribution < 1.29 is 9.53 Å². The third-order valence-corrected chi connectivity index (χ3v) is 5.59. The van der Waals surface area contributed by atoms with Crippen molar-refractivity contribution in [3.05, 3.63) is 101 Å². The molecule has 0 aliphatic carbocycles. The molecule has 150 valence electrons. The Bertz CT molecular complexity index is 1090. The number of thiazole rings is 1. The largest absolute Gasteiger partial charge is 0.476 e. The molecule has 4 aromatic rings. The van der Waals surface area contributed by atoms with Gasteiger partial charge >= 0.3 is 0 Å². The Labute approximate surface area is 179 Å². The normalized spacial score (nSPS) is 12.7. The molecule has 0 saturated carbocycles. The summed E-state index contributed by atoms with van der Waals surface area (Å²) in [6.07, 6.45) is 2.73. The zero-order valence-corrected chi connectivity index (χ0v) is 17.3. The van der Waals surface area contributed by atoms with Crippen LogP contribution in [0.2, 0.25) is 0 Å². The van der Waals surface area contributed by atoms with Gasteiger partial charge in [-0.25, -0.2) is 4.98 Å². The van der Waals surface area contributed by atoms with Crippen LogP contribution < -0.4 is 10.1 Å². The maximum atomic E-state index is 13.1. The summed E-state index contributed by atoms with van der Waals surface area (Å²) in [4.78, 5) is 21.9. The topological polar surface area (TPSA) is 64.1 Å². The fraction of sp³-hybridized carbons (Fsp3) is 0.125. The van der Waals surface area contributed by atoms with Crippen molar-refractivity contribution in [3.63, 3.8) is 0 Å². The van der Waals surface area contributed by atoms with Gasteiger partial charge in [0.15, 0.2) is 0 Å². The minimum Gasteiger partial charge on any atom is -0.476 e. The quantitative estimate of drug-likeness (QED) is 0.450. The molecule has 0 fully saturated rings. The number of rotatable bonds is 7. The van der Waals surface area contributed by atoms with E-state index in [4.69, 9.17) is 4.74 Å². The third kappa shape index (κ3) is 4.72. The first-order valence-corrected chi connectivity index (χ1v) is 10.5. The average Bonchev–Trinajstić information content (AvgIpc) is 3.30. The minimum atomic E-state index is -0.754. The first-order valence-electron chi connectivity index (χ1n) is 9.63. The molecule has 2 atom stereocenters. The van der Waals surface area contributed by atoms with Gasteiger partial charge in [-0.1, -0.05) is 48.5 Å². The highest BCUT2D eigenvalue weighted by Crippen LogP contribution is 2.27. The third-order valence-electron chi connectivity index (χ3n) is 4.56. The molecule has 2 heterocycles. The SMILES string of the molecule is CC(NC(=O)C(Oc1ccccc1)c1ccccc1)c1nc(-c2ccncc2)cs1. The van der Waals surface area contributed by atoms with Crippen LogP contribution in [0, 0.1) is 0 Å². The van der Waals surface area contributed by atoms with Crippen molar-refractivity contribution in [2.75, 3.05) is 0 Å². The van der Waals surface area contributed by atoms with Crippen LogP contribution in [-0.4, -0.2) is 15.9 Å². The number of hydrogen-bond acceptors (Lipinski definition) is 5. The lowest BCUT2D eigenvalue weighted by Gasteiger charge is -2.21. The van der Waals surface area contributed by atoms with Crippen molar-refractivity contribution >= 4 is 17.2 Å². The molecule has 0 saturated heterocycles. The van der Waals surface area contributed by atoms with Gasteiger partial charge in [0.2, 0.25) is 6.10 Å². The summed E-state index contributed by atoms with van der Waals surface area (Å²) < 4.78 is 6.04. The van der Waals surface area contributed by atoms with Gasteiger partial charge in [-0.3, -0.25) is 9.78 Å². The molecule has 2 unspecified atom stereocenters. The summed E-state index contributed by atoms with van der Waals surface area (Å²) in [7, 11) is 0. The molecular weight excluding hydrogens is 394 g/mol. The van der Waals surface area contributed by atoms with E-state index in [1.165, 1.54) is 11.3 Å². The van der Waals surface area contributed by atoms with Gasteiger partial charge in [0.1, 0.15) is 10.8 Å². The zero-order valence-electron chi connectivity index (χ0n) is 16.4. The predicted molar refractivity (Wildman–Crippen MR) is 118 cm³/mol. The van der Waals surface area contributed by atoms with Crippen LogP contribution in [0.15, 0.2) is 90.6 Å². The highest BCUT2D eigenvalue weighted by atomic mass is 32.1. The Kier molecular flexibility index (Phi) is 6.15. The molecule has 1 N–H and O–H groups in total. The van der Waals surface area contributed by atoms with E-state index in [1.807, 2.05) is 85.1 Å². The van der Waals surface area contributed by atoms with E-state index in [-0.39, 0.29) is 11.9 Å². The van der Waals surface area contributed by atoms with Gasteiger partial charge in [-0.15, -0.1) is 11.3 Å². The van der Waals surface area contributed by atoms with Crippen LogP contribution >= 0.6 is 11.3 Å². The predicted octanol–water partition coefficient (Wildman–Crippen LogP) is 5.20. The van der Waals surface area contributed by atoms with Crippen molar-refractivity contribution in [1.29, 1.82) is 0 Å². The van der Waals surface area contributed by atoms with Crippen molar-refractivity contribution in [3.8, 4) is 17.0 Å². The van der Waals surface area contributed by atoms with Crippen LogP contribution in [0.4, 0.5) is 0 Å². The number of para-hydroxylation sites is 1. The second kappa shape index (κ2) is 9.33. The van der Waals surface area contributed by atoms with E-state index >= 15 is 0 Å². The number of aromatic nitrogens is 2. The lowest BCUT2D eigenvalue weighted by molar-refractivity contribution is -0.129. The highest BCUT2D eigenvalue weighted by Gasteiger charge is 2.25. The van der Waals surface area contributed by atoms with Gasteiger partial charge in [-0.05, 0) is 31.2 Å². The summed E-state index contributed by atoms with van der Waals surface area (Å²) in [5, 5.41) is 5.87. The van der Waals surface area contributed by atoms with Crippen LogP contribution in [0.1, 0.15) is 29.6 Å². The Hall–Kier alpha value is -3.51. The number of benzene rings is 2. The second-order valence-electron chi connectivity index (χ2n) is 6.76. The molecule has 4 rings (SSSR count). The summed E-state index contributed by atoms with van der Waals surface area (Å²) in [6, 6.07) is 22.4. The standard InChI is InChI=1S/C24H21N3O2S/c1-17(24-27-21(16-30-24)18-12-14-25-15-13-18)26-23(28)22(19-8-4-2-5-9-19)29-20-10-6-3-7-11-20/h2-17,22H,1H3,(H,26,28). The maximum Gasteiger partial charge on any atom is 0.266 e. The van der Waals surface area contributed by atoms with E-state index in [0.29, 0.717) is 5.75 Å². The molecule has 0 aliphatic heterocycles. The number of nitrogens with zero attached hydrogens (tertiary/aromatic N) is 2. The zero-order chi connectivity index (χ0) is 20.8. The van der Waals surface area contributed by atoms with Crippen LogP contribution in [-0.2, 0) is 4.79 Å². The smallest absolute Gasteiger partial charge is 0.266 e. The maximum absolute atomic E-state index is 13.1. The summed E-state index contributed by atoms with van der Waals surface area (Å²) in [6.45, 7) is 1.93. The summed E-state index contributed by atoms with van der Waals surface area (Å²) in [5.41, 5.74) is 2.67. The van der Waals surface area contributed by atoms with E-state index in [2.05, 4.69) is 15.3 Å². The first kappa shape index (κ1) is 19.8. The van der Waals surface area contributed by atoms with E-state index < -0.39 is 6.10 Å². The highest BCUT2D eigenvalue weighted by molar-refractivity contribution is 7.10. The molecule has 0 aliphatic rings. The van der Waals surface area contributed by atoms with E-state index in [0.717, 1.165) is 21.8 Å². The molecule has 2 aromatic heterocycles. The molecule has 1 amide bonds. The van der Waals surface area contributed by atoms with Crippen LogP contribution in [0.3, 0.4) is 0 Å². The molecule has 0 radical (unpaired) electrons. The lowest BCUT2D eigenvalue weighted by Crippen LogP contribution is -2.34. The van der Waals surface area contributed by atoms with Gasteiger partial charge in [0, 0.05) is 28.9 Å². The van der Waals surface area contributed by atoms with Crippen molar-refractivity contribution in [2.45, 2.75) is 19.1 Å². The Morgan fingerprint density at radius 2 is 1.63 bits per heavy atom. The van der Waals surface area contributed by atoms with Crippen LogP contribution in [0.5, 0.6) is 5.75 Å². The number of carbonyl (C=O) groups excluding carboxylic acids is 1. The fourth-order valence-electron chi connectivity index (χ4n) is 3.03. The second-order valence-corrected chi connectivity index (χ2v) is 7.65. The molecular formula is C24H21N3O2S. The summed E-state index contributed by atoms with van der Waals surface area (Å²) in [5.74, 6) is 0.432. The number of nitrogens with one attached hydrogen (secondary N) is 1. The average molecular weight is 416 g/mol. The molecule has 30 heavy (non-hydrogen) atoms. The van der Waals surface area contributed by atoms with Crippen LogP contribution in [0.25, 0.3) is 11.3 Å². The lowest BCUT2D eigenvalue weighted by atomic mass is 10.1. The number of ether oxygens (including phenoxy) is 1. The molecule has 6 heteroatoms. The molecule has 2 aromatic carbocycles. The van der Waals surface area contributed by atoms with Crippen molar-refractivity contribution in [1.82, 2.24) is 15.3 Å². The van der Waals surface area contributed by atoms with Crippen molar-refractivity contribution in [2.24, 2.45) is 0 Å². The Morgan fingerprint density at radius 1 is 0.967 bits per heavy atom. The van der Waals surface area contributed by atoms with Gasteiger partial charge in [0.05, 0.1) is 11.7 Å². The number of hydrogen-bond donors (Lipinski definition) is 1.